The van der Waals surface area contributed by atoms with Gasteiger partial charge in [-0.25, -0.2) is 0 Å². The number of methoxy groups -OCH3 is 1. The van der Waals surface area contributed by atoms with Gasteiger partial charge in [0.2, 0.25) is 0 Å². The van der Waals surface area contributed by atoms with Crippen LogP contribution in [0.25, 0.3) is 0 Å². The highest BCUT2D eigenvalue weighted by molar-refractivity contribution is 6.08. The van der Waals surface area contributed by atoms with E-state index >= 15 is 0 Å². The second-order valence-corrected chi connectivity index (χ2v) is 4.98. The molecule has 1 aliphatic heterocycles. The normalized spacial score (nSPS) is 13.3. The van der Waals surface area contributed by atoms with Crippen LogP contribution in [-0.4, -0.2) is 26.2 Å². The van der Waals surface area contributed by atoms with Gasteiger partial charge in [-0.15, -0.1) is 0 Å². The maximum absolute atomic E-state index is 12.8. The molecule has 0 saturated heterocycles. The van der Waals surface area contributed by atoms with Crippen LogP contribution in [-0.2, 0) is 0 Å². The summed E-state index contributed by atoms with van der Waals surface area (Å²) in [6, 6.07) is 13.1. The summed E-state index contributed by atoms with van der Waals surface area (Å²) >= 11 is 0. The minimum Gasteiger partial charge on any atom is -0.496 e. The van der Waals surface area contributed by atoms with Gasteiger partial charge < -0.3 is 14.4 Å². The molecule has 21 heavy (non-hydrogen) atoms. The Hall–Kier alpha value is -2.49. The van der Waals surface area contributed by atoms with Crippen LogP contribution in [0.3, 0.4) is 0 Å². The fourth-order valence-corrected chi connectivity index (χ4v) is 2.51. The van der Waals surface area contributed by atoms with Crippen LogP contribution in [0, 0.1) is 6.92 Å². The monoisotopic (exact) mass is 283 g/mol. The van der Waals surface area contributed by atoms with Crippen molar-refractivity contribution >= 4 is 11.6 Å². The van der Waals surface area contributed by atoms with E-state index in [0.717, 1.165) is 17.0 Å². The van der Waals surface area contributed by atoms with Crippen LogP contribution in [0.2, 0.25) is 0 Å². The van der Waals surface area contributed by atoms with Gasteiger partial charge in [-0.05, 0) is 36.8 Å². The zero-order chi connectivity index (χ0) is 14.8. The number of fused-ring (bicyclic) bond motifs is 1. The summed E-state index contributed by atoms with van der Waals surface area (Å²) in [5, 5.41) is 0. The second kappa shape index (κ2) is 5.48. The third kappa shape index (κ3) is 2.44. The molecule has 0 spiro atoms. The summed E-state index contributed by atoms with van der Waals surface area (Å²) in [6.45, 7) is 3.03. The quantitative estimate of drug-likeness (QED) is 0.850. The minimum absolute atomic E-state index is 0.0670. The van der Waals surface area contributed by atoms with Gasteiger partial charge in [-0.1, -0.05) is 18.2 Å². The number of para-hydroxylation sites is 1. The molecular weight excluding hydrogens is 266 g/mol. The summed E-state index contributed by atoms with van der Waals surface area (Å²) < 4.78 is 10.9. The smallest absolute Gasteiger partial charge is 0.262 e. The first kappa shape index (κ1) is 13.5. The lowest BCUT2D eigenvalue weighted by molar-refractivity contribution is 0.0973. The first-order valence-electron chi connectivity index (χ1n) is 6.89. The topological polar surface area (TPSA) is 38.8 Å². The summed E-state index contributed by atoms with van der Waals surface area (Å²) in [6.07, 6.45) is 0. The second-order valence-electron chi connectivity index (χ2n) is 4.98. The number of nitrogens with zero attached hydrogens (tertiary/aromatic N) is 1. The van der Waals surface area contributed by atoms with Gasteiger partial charge >= 0.3 is 0 Å². The van der Waals surface area contributed by atoms with Crippen molar-refractivity contribution in [3.63, 3.8) is 0 Å². The molecule has 2 aromatic rings. The Labute approximate surface area is 123 Å². The van der Waals surface area contributed by atoms with Crippen molar-refractivity contribution in [1.29, 1.82) is 0 Å². The van der Waals surface area contributed by atoms with Gasteiger partial charge in [-0.2, -0.15) is 0 Å². The largest absolute Gasteiger partial charge is 0.496 e. The molecule has 0 bridgehead atoms. The van der Waals surface area contributed by atoms with Crippen molar-refractivity contribution in [1.82, 2.24) is 0 Å². The van der Waals surface area contributed by atoms with Gasteiger partial charge in [0.15, 0.2) is 0 Å². The van der Waals surface area contributed by atoms with Crippen LogP contribution < -0.4 is 14.4 Å². The standard InChI is InChI=1S/C17H17NO3/c1-12-7-8-16-14(11-12)18(9-10-21-16)17(19)13-5-3-4-6-15(13)20-2/h3-8,11H,9-10H2,1-2H3. The lowest BCUT2D eigenvalue weighted by Crippen LogP contribution is -2.38. The fourth-order valence-electron chi connectivity index (χ4n) is 2.51. The minimum atomic E-state index is -0.0670. The molecule has 4 nitrogen and oxygen atoms in total. The van der Waals surface area contributed by atoms with Crippen molar-refractivity contribution in [2.24, 2.45) is 0 Å². The van der Waals surface area contributed by atoms with Crippen LogP contribution in [0.15, 0.2) is 42.5 Å². The van der Waals surface area contributed by atoms with Gasteiger partial charge in [0.25, 0.3) is 5.91 Å². The Balaban J connectivity index is 2.02. The predicted octanol–water partition coefficient (Wildman–Crippen LogP) is 3.04. The molecule has 0 saturated carbocycles. The van der Waals surface area contributed by atoms with Crippen molar-refractivity contribution in [2.45, 2.75) is 6.92 Å². The van der Waals surface area contributed by atoms with Crippen molar-refractivity contribution in [3.8, 4) is 11.5 Å². The molecule has 108 valence electrons. The third-order valence-corrected chi connectivity index (χ3v) is 3.56. The van der Waals surface area contributed by atoms with Gasteiger partial charge in [0, 0.05) is 0 Å². The molecule has 0 unspecified atom stereocenters. The van der Waals surface area contributed by atoms with E-state index in [4.69, 9.17) is 9.47 Å². The van der Waals surface area contributed by atoms with Gasteiger partial charge in [0.05, 0.1) is 24.9 Å². The van der Waals surface area contributed by atoms with Crippen LogP contribution in [0.5, 0.6) is 11.5 Å². The van der Waals surface area contributed by atoms with Gasteiger partial charge in [0.1, 0.15) is 18.1 Å². The number of rotatable bonds is 2. The maximum atomic E-state index is 12.8. The number of benzene rings is 2. The Morgan fingerprint density at radius 2 is 2.05 bits per heavy atom. The van der Waals surface area contributed by atoms with E-state index in [0.29, 0.717) is 24.5 Å². The Kier molecular flexibility index (Phi) is 3.52. The molecule has 4 heteroatoms. The van der Waals surface area contributed by atoms with E-state index in [9.17, 15) is 4.79 Å². The Bertz CT molecular complexity index is 681. The molecular formula is C17H17NO3. The molecule has 2 aromatic carbocycles. The number of carbonyl (C=O) groups excluding carboxylic acids is 1. The molecule has 0 fully saturated rings. The van der Waals surface area contributed by atoms with Crippen molar-refractivity contribution < 1.29 is 14.3 Å². The van der Waals surface area contributed by atoms with Crippen LogP contribution in [0.4, 0.5) is 5.69 Å². The number of amides is 1. The van der Waals surface area contributed by atoms with Gasteiger partial charge in [-0.3, -0.25) is 4.79 Å². The lowest BCUT2D eigenvalue weighted by atomic mass is 10.1. The highest BCUT2D eigenvalue weighted by atomic mass is 16.5. The zero-order valence-corrected chi connectivity index (χ0v) is 12.1. The summed E-state index contributed by atoms with van der Waals surface area (Å²) in [4.78, 5) is 14.6. The summed E-state index contributed by atoms with van der Waals surface area (Å²) in [5.74, 6) is 1.26. The average molecular weight is 283 g/mol. The highest BCUT2D eigenvalue weighted by Crippen LogP contribution is 2.34. The molecule has 0 aromatic heterocycles. The average Bonchev–Trinajstić information content (AvgIpc) is 2.53. The molecule has 0 radical (unpaired) electrons. The molecule has 0 N–H and O–H groups in total. The van der Waals surface area contributed by atoms with Crippen molar-refractivity contribution in [2.75, 3.05) is 25.2 Å². The van der Waals surface area contributed by atoms with Crippen LogP contribution in [0.1, 0.15) is 15.9 Å². The lowest BCUT2D eigenvalue weighted by Gasteiger charge is -2.30. The van der Waals surface area contributed by atoms with E-state index in [-0.39, 0.29) is 5.91 Å². The van der Waals surface area contributed by atoms with E-state index in [1.54, 1.807) is 24.1 Å². The number of ether oxygens (including phenoxy) is 2. The molecule has 0 atom stereocenters. The van der Waals surface area contributed by atoms with E-state index in [1.165, 1.54) is 0 Å². The first-order chi connectivity index (χ1) is 10.2. The van der Waals surface area contributed by atoms with Crippen molar-refractivity contribution in [3.05, 3.63) is 53.6 Å². The highest BCUT2D eigenvalue weighted by Gasteiger charge is 2.26. The summed E-state index contributed by atoms with van der Waals surface area (Å²) in [5.41, 5.74) is 2.48. The number of carbonyl (C=O) groups is 1. The molecule has 1 aliphatic rings. The number of anilines is 1. The number of hydrogen-bond donors (Lipinski definition) is 0. The Morgan fingerprint density at radius 3 is 2.86 bits per heavy atom. The zero-order valence-electron chi connectivity index (χ0n) is 12.1. The van der Waals surface area contributed by atoms with E-state index in [1.807, 2.05) is 37.3 Å². The fraction of sp³-hybridized carbons (Fsp3) is 0.235. The number of aryl methyl sites for hydroxylation is 1. The van der Waals surface area contributed by atoms with Crippen LogP contribution >= 0.6 is 0 Å². The molecule has 1 heterocycles. The summed E-state index contributed by atoms with van der Waals surface area (Å²) in [7, 11) is 1.57. The first-order valence-corrected chi connectivity index (χ1v) is 6.89. The SMILES string of the molecule is COc1ccccc1C(=O)N1CCOc2ccc(C)cc21. The molecule has 1 amide bonds. The van der Waals surface area contributed by atoms with E-state index < -0.39 is 0 Å². The molecule has 0 aliphatic carbocycles. The number of hydrogen-bond acceptors (Lipinski definition) is 3. The third-order valence-electron chi connectivity index (χ3n) is 3.56. The van der Waals surface area contributed by atoms with E-state index in [2.05, 4.69) is 0 Å². The maximum Gasteiger partial charge on any atom is 0.262 e. The Morgan fingerprint density at radius 1 is 1.24 bits per heavy atom. The molecule has 3 rings (SSSR count). The predicted molar refractivity (Wildman–Crippen MR) is 81.3 cm³/mol.